The van der Waals surface area contributed by atoms with Crippen LogP contribution in [0.15, 0.2) is 64.6 Å². The summed E-state index contributed by atoms with van der Waals surface area (Å²) in [5.74, 6) is -3.76. The van der Waals surface area contributed by atoms with Crippen LogP contribution in [0.5, 0.6) is 17.2 Å². The summed E-state index contributed by atoms with van der Waals surface area (Å²) < 4.78 is 32.5. The Labute approximate surface area is 335 Å². The lowest BCUT2D eigenvalue weighted by Gasteiger charge is -2.26. The van der Waals surface area contributed by atoms with Crippen molar-refractivity contribution in [2.24, 2.45) is 0 Å². The molecule has 3 heterocycles. The van der Waals surface area contributed by atoms with Gasteiger partial charge in [-0.1, -0.05) is 40.0 Å². The molecule has 0 saturated heterocycles. The summed E-state index contributed by atoms with van der Waals surface area (Å²) in [6.07, 6.45) is 7.95. The molecule has 0 aliphatic rings. The average Bonchev–Trinajstić information content (AvgIpc) is 3.20. The molecule has 0 fully saturated rings. The van der Waals surface area contributed by atoms with E-state index in [0.717, 1.165) is 56.3 Å². The molecule has 3 amide bonds. The zero-order valence-electron chi connectivity index (χ0n) is 33.4. The Bertz CT molecular complexity index is 1760. The molecular weight excluding hydrogens is 760 g/mol. The number of ether oxygens (including phenoxy) is 3. The summed E-state index contributed by atoms with van der Waals surface area (Å²) in [6, 6.07) is 3.42. The second-order valence-corrected chi connectivity index (χ2v) is 13.5. The maximum Gasteiger partial charge on any atom is 0.291 e. The van der Waals surface area contributed by atoms with E-state index >= 15 is 0 Å². The van der Waals surface area contributed by atoms with Gasteiger partial charge in [0.25, 0.3) is 17.7 Å². The third-order valence-electron chi connectivity index (χ3n) is 9.06. The Hall–Kier alpha value is -5.94. The van der Waals surface area contributed by atoms with Crippen molar-refractivity contribution >= 4 is 17.7 Å². The summed E-state index contributed by atoms with van der Waals surface area (Å²) in [5.41, 5.74) is -3.15. The number of rotatable bonds is 28. The SMILES string of the molecule is CCCCOc1c(C(=O)NCCCC(CCCNC(=O)c2occc(=O)c2OCCCC)(CCCNC(=O)c2occc(=O)c2OCCCC)[N+](=O)[O-])occc1=O. The molecule has 18 heteroatoms. The van der Waals surface area contributed by atoms with Gasteiger partial charge in [-0.3, -0.25) is 38.9 Å². The Balaban J connectivity index is 1.71. The van der Waals surface area contributed by atoms with E-state index in [1.165, 1.54) is 0 Å². The molecule has 3 aromatic rings. The van der Waals surface area contributed by atoms with Crippen LogP contribution in [-0.2, 0) is 0 Å². The second kappa shape index (κ2) is 24.6. The number of nitrogens with one attached hydrogen (secondary N) is 3. The first-order chi connectivity index (χ1) is 28.0. The maximum atomic E-state index is 13.0. The van der Waals surface area contributed by atoms with Crippen LogP contribution in [-0.4, -0.2) is 67.6 Å². The highest BCUT2D eigenvalue weighted by atomic mass is 16.6. The van der Waals surface area contributed by atoms with Crippen LogP contribution in [0.25, 0.3) is 0 Å². The van der Waals surface area contributed by atoms with Crippen LogP contribution in [0, 0.1) is 10.1 Å². The third-order valence-corrected chi connectivity index (χ3v) is 9.06. The number of hydrogen-bond donors (Lipinski definition) is 3. The number of carbonyl (C=O) groups excluding carboxylic acids is 3. The quantitative estimate of drug-likeness (QED) is 0.0494. The average molecular weight is 815 g/mol. The van der Waals surface area contributed by atoms with Gasteiger partial charge in [-0.05, 0) is 38.5 Å². The fourth-order valence-corrected chi connectivity index (χ4v) is 5.80. The van der Waals surface area contributed by atoms with Crippen molar-refractivity contribution in [1.29, 1.82) is 0 Å². The van der Waals surface area contributed by atoms with E-state index in [1.807, 2.05) is 20.8 Å². The molecule has 0 radical (unpaired) electrons. The van der Waals surface area contributed by atoms with Crippen LogP contribution in [0.3, 0.4) is 0 Å². The molecule has 0 atom stereocenters. The normalized spacial score (nSPS) is 11.1. The molecule has 0 spiro atoms. The molecule has 0 saturated carbocycles. The van der Waals surface area contributed by atoms with Crippen molar-refractivity contribution in [1.82, 2.24) is 16.0 Å². The van der Waals surface area contributed by atoms with E-state index in [2.05, 4.69) is 16.0 Å². The molecule has 318 valence electrons. The van der Waals surface area contributed by atoms with Gasteiger partial charge in [0, 0.05) is 62.0 Å². The first-order valence-corrected chi connectivity index (χ1v) is 19.7. The molecule has 58 heavy (non-hydrogen) atoms. The highest BCUT2D eigenvalue weighted by Gasteiger charge is 2.41. The number of carbonyl (C=O) groups is 3. The van der Waals surface area contributed by atoms with Gasteiger partial charge in [-0.2, -0.15) is 0 Å². The molecule has 3 rings (SSSR count). The number of unbranched alkanes of at least 4 members (excludes halogenated alkanes) is 3. The molecule has 0 aliphatic heterocycles. The van der Waals surface area contributed by atoms with Gasteiger partial charge in [-0.15, -0.1) is 0 Å². The van der Waals surface area contributed by atoms with Crippen LogP contribution < -0.4 is 46.4 Å². The van der Waals surface area contributed by atoms with Crippen LogP contribution >= 0.6 is 0 Å². The monoisotopic (exact) mass is 814 g/mol. The van der Waals surface area contributed by atoms with Crippen molar-refractivity contribution in [3.63, 3.8) is 0 Å². The fraction of sp³-hybridized carbons (Fsp3) is 0.550. The number of nitrogens with zero attached hydrogens (tertiary/aromatic N) is 1. The molecule has 3 N–H and O–H groups in total. The van der Waals surface area contributed by atoms with Crippen LogP contribution in [0.1, 0.15) is 129 Å². The number of amides is 3. The topological polar surface area (TPSA) is 249 Å². The summed E-state index contributed by atoms with van der Waals surface area (Å²) in [5, 5.41) is 20.8. The van der Waals surface area contributed by atoms with E-state index in [9.17, 15) is 38.9 Å². The molecule has 0 aromatic carbocycles. The summed E-state index contributed by atoms with van der Waals surface area (Å²) in [4.78, 5) is 88.7. The van der Waals surface area contributed by atoms with Gasteiger partial charge in [0.05, 0.1) is 38.6 Å². The van der Waals surface area contributed by atoms with E-state index in [4.69, 9.17) is 27.5 Å². The lowest BCUT2D eigenvalue weighted by molar-refractivity contribution is -0.574. The molecule has 0 aliphatic carbocycles. The Morgan fingerprint density at radius 2 is 0.862 bits per heavy atom. The Morgan fingerprint density at radius 3 is 1.12 bits per heavy atom. The van der Waals surface area contributed by atoms with Crippen molar-refractivity contribution in [3.8, 4) is 17.2 Å². The van der Waals surface area contributed by atoms with Crippen LogP contribution in [0.4, 0.5) is 0 Å². The minimum Gasteiger partial charge on any atom is -0.486 e. The minimum atomic E-state index is -1.57. The minimum absolute atomic E-state index is 0.0173. The summed E-state index contributed by atoms with van der Waals surface area (Å²) in [6.45, 7) is 6.40. The van der Waals surface area contributed by atoms with E-state index in [1.54, 1.807) is 0 Å². The molecular formula is C40H54N4O14. The highest BCUT2D eigenvalue weighted by Crippen LogP contribution is 2.29. The largest absolute Gasteiger partial charge is 0.486 e. The zero-order valence-corrected chi connectivity index (χ0v) is 33.4. The number of hydrogen-bond acceptors (Lipinski definition) is 14. The first kappa shape index (κ1) is 46.4. The molecule has 18 nitrogen and oxygen atoms in total. The van der Waals surface area contributed by atoms with Gasteiger partial charge < -0.3 is 43.4 Å². The van der Waals surface area contributed by atoms with Crippen molar-refractivity contribution < 1.29 is 46.8 Å². The fourth-order valence-electron chi connectivity index (χ4n) is 5.80. The predicted octanol–water partition coefficient (Wildman–Crippen LogP) is 5.03. The summed E-state index contributed by atoms with van der Waals surface area (Å²) in [7, 11) is 0. The smallest absolute Gasteiger partial charge is 0.291 e. The van der Waals surface area contributed by atoms with Gasteiger partial charge >= 0.3 is 0 Å². The van der Waals surface area contributed by atoms with Crippen molar-refractivity contribution in [2.45, 2.75) is 103 Å². The molecule has 3 aromatic heterocycles. The predicted molar refractivity (Wildman–Crippen MR) is 211 cm³/mol. The van der Waals surface area contributed by atoms with E-state index < -0.39 is 44.5 Å². The maximum absolute atomic E-state index is 13.0. The standard InChI is InChI=1S/C40H54N4O14/c1-4-7-22-53-31-28(45)13-25-56-34(31)37(48)41-19-10-16-40(44(51)52,17-11-20-42-38(49)35-32(54-23-8-5-2)29(46)14-26-57-35)18-12-21-43-39(50)36-33(55-24-9-6-3)30(47)15-27-58-36/h13-15,25-27H,4-12,16-24H2,1-3H3,(H,41,48)(H,42,49)(H,43,50). The van der Waals surface area contributed by atoms with Crippen molar-refractivity contribution in [2.75, 3.05) is 39.5 Å². The van der Waals surface area contributed by atoms with Gasteiger partial charge in [-0.25, -0.2) is 0 Å². The lowest BCUT2D eigenvalue weighted by atomic mass is 9.84. The second-order valence-electron chi connectivity index (χ2n) is 13.5. The lowest BCUT2D eigenvalue weighted by Crippen LogP contribution is -2.41. The zero-order chi connectivity index (χ0) is 42.3. The Kier molecular flexibility index (Phi) is 19.7. The molecule has 0 bridgehead atoms. The third kappa shape index (κ3) is 13.9. The number of nitro groups is 1. The van der Waals surface area contributed by atoms with Gasteiger partial charge in [0.2, 0.25) is 56.4 Å². The first-order valence-electron chi connectivity index (χ1n) is 19.7. The molecule has 0 unspecified atom stereocenters. The van der Waals surface area contributed by atoms with E-state index in [-0.39, 0.29) is 113 Å². The Morgan fingerprint density at radius 1 is 0.569 bits per heavy atom. The van der Waals surface area contributed by atoms with Crippen LogP contribution in [0.2, 0.25) is 0 Å². The van der Waals surface area contributed by atoms with Gasteiger partial charge in [0.15, 0.2) is 0 Å². The van der Waals surface area contributed by atoms with E-state index in [0.29, 0.717) is 19.3 Å². The van der Waals surface area contributed by atoms with Gasteiger partial charge in [0.1, 0.15) is 0 Å². The summed E-state index contributed by atoms with van der Waals surface area (Å²) >= 11 is 0. The van der Waals surface area contributed by atoms with Crippen molar-refractivity contribution in [3.05, 3.63) is 95.1 Å². The highest BCUT2D eigenvalue weighted by molar-refractivity contribution is 5.94.